The van der Waals surface area contributed by atoms with Crippen LogP contribution in [0.25, 0.3) is 10.9 Å². The highest BCUT2D eigenvalue weighted by atomic mass is 79.9. The highest BCUT2D eigenvalue weighted by Gasteiger charge is 2.13. The quantitative estimate of drug-likeness (QED) is 0.848. The Morgan fingerprint density at radius 2 is 1.90 bits per heavy atom. The number of nitrogen functional groups attached to an aromatic ring is 1. The predicted octanol–water partition coefficient (Wildman–Crippen LogP) is 3.86. The summed E-state index contributed by atoms with van der Waals surface area (Å²) in [5.74, 6) is 0.310. The number of hydrogen-bond acceptors (Lipinski definition) is 4. The summed E-state index contributed by atoms with van der Waals surface area (Å²) in [7, 11) is 4.38. The molecule has 5 heteroatoms. The van der Waals surface area contributed by atoms with Gasteiger partial charge in [0.1, 0.15) is 0 Å². The van der Waals surface area contributed by atoms with E-state index in [2.05, 4.69) is 44.9 Å². The fourth-order valence-electron chi connectivity index (χ4n) is 2.62. The molecule has 3 rings (SSSR count). The second-order valence-corrected chi connectivity index (χ2v) is 6.60. The Balaban J connectivity index is 0.000000161. The van der Waals surface area contributed by atoms with Crippen molar-refractivity contribution in [1.82, 2.24) is 14.9 Å². The summed E-state index contributed by atoms with van der Waals surface area (Å²) in [6, 6.07) is 6.67. The summed E-state index contributed by atoms with van der Waals surface area (Å²) in [5, 5.41) is 0.985. The first-order chi connectivity index (χ1) is 10.1. The van der Waals surface area contributed by atoms with Crippen LogP contribution in [-0.4, -0.2) is 35.0 Å². The van der Waals surface area contributed by atoms with Gasteiger partial charge in [0.25, 0.3) is 0 Å². The van der Waals surface area contributed by atoms with E-state index in [0.29, 0.717) is 5.95 Å². The highest BCUT2D eigenvalue weighted by Crippen LogP contribution is 2.20. The number of aromatic nitrogens is 2. The third-order valence-electron chi connectivity index (χ3n) is 3.87. The second kappa shape index (κ2) is 7.71. The Morgan fingerprint density at radius 3 is 2.52 bits per heavy atom. The average Bonchev–Trinajstić information content (AvgIpc) is 2.49. The van der Waals surface area contributed by atoms with Gasteiger partial charge in [-0.15, -0.1) is 0 Å². The summed E-state index contributed by atoms with van der Waals surface area (Å²) in [6.45, 7) is 0. The summed E-state index contributed by atoms with van der Waals surface area (Å²) < 4.78 is 1.02. The Hall–Kier alpha value is -1.20. The van der Waals surface area contributed by atoms with Crippen LogP contribution in [0.15, 0.2) is 28.9 Å². The molecule has 2 aromatic rings. The van der Waals surface area contributed by atoms with Crippen LogP contribution in [0.3, 0.4) is 0 Å². The molecule has 0 unspecified atom stereocenters. The van der Waals surface area contributed by atoms with Crippen molar-refractivity contribution in [3.8, 4) is 0 Å². The predicted molar refractivity (Wildman–Crippen MR) is 92.2 cm³/mol. The first kappa shape index (κ1) is 16.2. The van der Waals surface area contributed by atoms with E-state index >= 15 is 0 Å². The van der Waals surface area contributed by atoms with Gasteiger partial charge in [0, 0.05) is 22.1 Å². The molecule has 2 N–H and O–H groups in total. The van der Waals surface area contributed by atoms with Crippen LogP contribution >= 0.6 is 15.9 Å². The van der Waals surface area contributed by atoms with E-state index in [4.69, 9.17) is 5.73 Å². The molecule has 0 radical (unpaired) electrons. The Morgan fingerprint density at radius 1 is 1.19 bits per heavy atom. The molecule has 0 atom stereocenters. The lowest BCUT2D eigenvalue weighted by molar-refractivity contribution is 0.229. The first-order valence-corrected chi connectivity index (χ1v) is 8.20. The fraction of sp³-hybridized carbons (Fsp3) is 0.500. The van der Waals surface area contributed by atoms with E-state index in [-0.39, 0.29) is 0 Å². The minimum atomic E-state index is 0.310. The van der Waals surface area contributed by atoms with Crippen LogP contribution in [0.5, 0.6) is 0 Å². The minimum absolute atomic E-state index is 0.310. The molecular weight excluding hydrogens is 328 g/mol. The van der Waals surface area contributed by atoms with Crippen LogP contribution < -0.4 is 5.73 Å². The van der Waals surface area contributed by atoms with Gasteiger partial charge in [0.05, 0.1) is 5.52 Å². The molecule has 0 saturated heterocycles. The van der Waals surface area contributed by atoms with Crippen molar-refractivity contribution in [2.24, 2.45) is 0 Å². The molecular formula is C16H23BrN4. The zero-order chi connectivity index (χ0) is 15.2. The number of fused-ring (bicyclic) bond motifs is 1. The smallest absolute Gasteiger partial charge is 0.220 e. The van der Waals surface area contributed by atoms with Crippen molar-refractivity contribution < 1.29 is 0 Å². The maximum atomic E-state index is 5.43. The Bertz CT molecular complexity index is 538. The number of hydrogen-bond donors (Lipinski definition) is 1. The van der Waals surface area contributed by atoms with Gasteiger partial charge in [0.15, 0.2) is 0 Å². The fourth-order valence-corrected chi connectivity index (χ4v) is 2.99. The standard InChI is InChI=1S/C8H6BrN3.C8H17N/c9-6-1-2-7-5(3-6)4-11-8(10)12-7;1-9(2)8-6-4-3-5-7-8/h1-4H,(H2,10,11,12);8H,3-7H2,1-2H3. The van der Waals surface area contributed by atoms with Crippen molar-refractivity contribution in [1.29, 1.82) is 0 Å². The average molecular weight is 351 g/mol. The minimum Gasteiger partial charge on any atom is -0.368 e. The third kappa shape index (κ3) is 4.93. The number of benzene rings is 1. The molecule has 1 aliphatic rings. The molecule has 1 fully saturated rings. The van der Waals surface area contributed by atoms with Crippen LogP contribution in [0.1, 0.15) is 32.1 Å². The van der Waals surface area contributed by atoms with Gasteiger partial charge in [-0.2, -0.15) is 0 Å². The molecule has 4 nitrogen and oxygen atoms in total. The normalized spacial score (nSPS) is 15.8. The second-order valence-electron chi connectivity index (χ2n) is 5.69. The van der Waals surface area contributed by atoms with E-state index in [1.54, 1.807) is 6.20 Å². The number of rotatable bonds is 1. The van der Waals surface area contributed by atoms with Gasteiger partial charge in [-0.25, -0.2) is 9.97 Å². The maximum Gasteiger partial charge on any atom is 0.220 e. The van der Waals surface area contributed by atoms with Gasteiger partial charge >= 0.3 is 0 Å². The third-order valence-corrected chi connectivity index (χ3v) is 4.36. The summed E-state index contributed by atoms with van der Waals surface area (Å²) in [6.07, 6.45) is 8.92. The van der Waals surface area contributed by atoms with E-state index in [1.165, 1.54) is 32.1 Å². The van der Waals surface area contributed by atoms with Gasteiger partial charge in [-0.1, -0.05) is 35.2 Å². The molecule has 1 aromatic carbocycles. The van der Waals surface area contributed by atoms with Crippen LogP contribution in [0.2, 0.25) is 0 Å². The van der Waals surface area contributed by atoms with Gasteiger partial charge in [-0.3, -0.25) is 0 Å². The van der Waals surface area contributed by atoms with Gasteiger partial charge in [0.2, 0.25) is 5.95 Å². The van der Waals surface area contributed by atoms with Gasteiger partial charge in [-0.05, 0) is 45.1 Å². The molecule has 1 aliphatic carbocycles. The van der Waals surface area contributed by atoms with Crippen LogP contribution in [-0.2, 0) is 0 Å². The van der Waals surface area contributed by atoms with Crippen molar-refractivity contribution in [2.45, 2.75) is 38.1 Å². The molecule has 1 saturated carbocycles. The zero-order valence-electron chi connectivity index (χ0n) is 12.7. The van der Waals surface area contributed by atoms with Crippen LogP contribution in [0.4, 0.5) is 5.95 Å². The van der Waals surface area contributed by atoms with Crippen molar-refractivity contribution in [3.63, 3.8) is 0 Å². The molecule has 1 heterocycles. The summed E-state index contributed by atoms with van der Waals surface area (Å²) in [5.41, 5.74) is 6.29. The van der Waals surface area contributed by atoms with Crippen molar-refractivity contribution >= 4 is 32.8 Å². The molecule has 0 bridgehead atoms. The van der Waals surface area contributed by atoms with E-state index in [1.807, 2.05) is 18.2 Å². The van der Waals surface area contributed by atoms with E-state index in [9.17, 15) is 0 Å². The van der Waals surface area contributed by atoms with Crippen LogP contribution in [0, 0.1) is 0 Å². The maximum absolute atomic E-state index is 5.43. The molecule has 1 aromatic heterocycles. The Kier molecular flexibility index (Phi) is 5.94. The molecule has 0 spiro atoms. The Labute approximate surface area is 134 Å². The number of anilines is 1. The number of nitrogens with two attached hydrogens (primary N) is 1. The largest absolute Gasteiger partial charge is 0.368 e. The van der Waals surface area contributed by atoms with Gasteiger partial charge < -0.3 is 10.6 Å². The topological polar surface area (TPSA) is 55.0 Å². The monoisotopic (exact) mass is 350 g/mol. The molecule has 0 amide bonds. The lowest BCUT2D eigenvalue weighted by atomic mass is 9.95. The zero-order valence-corrected chi connectivity index (χ0v) is 14.3. The lowest BCUT2D eigenvalue weighted by Gasteiger charge is -2.27. The van der Waals surface area contributed by atoms with E-state index < -0.39 is 0 Å². The lowest BCUT2D eigenvalue weighted by Crippen LogP contribution is -2.29. The number of halogens is 1. The molecule has 114 valence electrons. The SMILES string of the molecule is CN(C)C1CCCCC1.Nc1ncc2cc(Br)ccc2n1. The number of nitrogens with zero attached hydrogens (tertiary/aromatic N) is 3. The molecule has 21 heavy (non-hydrogen) atoms. The summed E-state index contributed by atoms with van der Waals surface area (Å²) in [4.78, 5) is 10.3. The summed E-state index contributed by atoms with van der Waals surface area (Å²) >= 11 is 3.36. The van der Waals surface area contributed by atoms with Crippen molar-refractivity contribution in [3.05, 3.63) is 28.9 Å². The molecule has 0 aliphatic heterocycles. The highest BCUT2D eigenvalue weighted by molar-refractivity contribution is 9.10. The van der Waals surface area contributed by atoms with Crippen molar-refractivity contribution in [2.75, 3.05) is 19.8 Å². The first-order valence-electron chi connectivity index (χ1n) is 7.40. The van der Waals surface area contributed by atoms with E-state index in [0.717, 1.165) is 21.4 Å².